The third kappa shape index (κ3) is 26.1. The molecule has 0 spiro atoms. The van der Waals surface area contributed by atoms with E-state index in [-0.39, 0.29) is 53.7 Å². The number of hydrogen-bond acceptors (Lipinski definition) is 28. The lowest BCUT2D eigenvalue weighted by atomic mass is 10.1. The lowest BCUT2D eigenvalue weighted by Crippen LogP contribution is -2.20. The summed E-state index contributed by atoms with van der Waals surface area (Å²) in [5.74, 6) is 2.71. The van der Waals surface area contributed by atoms with Gasteiger partial charge in [-0.2, -0.15) is 0 Å². The van der Waals surface area contributed by atoms with Crippen LogP contribution in [0.5, 0.6) is 0 Å². The number of sulfone groups is 3. The molecule has 0 unspecified atom stereocenters. The minimum atomic E-state index is -3.70. The number of fused-ring (bicyclic) bond motifs is 4. The van der Waals surface area contributed by atoms with Crippen LogP contribution in [0.3, 0.4) is 0 Å². The number of benzene rings is 6. The molecular weight excluding hydrogens is 1900 g/mol. The molecule has 0 bridgehead atoms. The van der Waals surface area contributed by atoms with E-state index >= 15 is 0 Å². The van der Waals surface area contributed by atoms with Crippen LogP contribution in [-0.2, 0) is 98.4 Å². The summed E-state index contributed by atoms with van der Waals surface area (Å²) in [7, 11) is -10.1. The highest BCUT2D eigenvalue weighted by molar-refractivity contribution is 7.91. The smallest absolute Gasteiger partial charge is 0.321 e. The van der Waals surface area contributed by atoms with Crippen LogP contribution in [0.1, 0.15) is 79.6 Å². The molecule has 0 aliphatic heterocycles. The van der Waals surface area contributed by atoms with Gasteiger partial charge in [0.1, 0.15) is 27.8 Å². The number of carbonyl (C=O) groups is 2. The van der Waals surface area contributed by atoms with Crippen molar-refractivity contribution in [2.45, 2.75) is 84.5 Å². The van der Waals surface area contributed by atoms with Gasteiger partial charge in [-0.05, 0) is 161 Å². The van der Waals surface area contributed by atoms with Gasteiger partial charge in [-0.3, -0.25) is 39.5 Å². The van der Waals surface area contributed by atoms with Crippen LogP contribution in [-0.4, -0.2) is 156 Å². The molecule has 4 N–H and O–H groups in total. The molecule has 0 atom stereocenters. The monoisotopic (exact) mass is 2000 g/mol. The zero-order valence-electron chi connectivity index (χ0n) is 80.6. The topological polar surface area (TPSA) is 401 Å². The zero-order chi connectivity index (χ0) is 101. The highest BCUT2D eigenvalue weighted by Crippen LogP contribution is 2.38. The average Bonchev–Trinajstić information content (AvgIpc) is 1.63. The highest BCUT2D eigenvalue weighted by atomic mass is 32.2. The lowest BCUT2D eigenvalue weighted by Gasteiger charge is -2.12. The van der Waals surface area contributed by atoms with Gasteiger partial charge in [0.2, 0.25) is 0 Å². The SMILES string of the molecule is CC(C)CS(=O)(=O)Cc1cncc(-c2nc(NCc3ccccn3)c3c(-c4ccccc4)ccn3n2)c1.CCOC(=O)CS(=O)(=O)Cc1cccc(-c2nc(NCc3ccccn3)c3c(-c4ccccc4)ccn3n2)c1.CCOC(=O)Cc1cncc(-c2nc(NCc3ccccn3)c3c(-c4ccccc4)ccn3n2)c1.CCS(=O)(=O)Cc1cccc(-c2nc(NCc3ccccn3)c3c(-c4ccccc4)ccn3n2)c1. The van der Waals surface area contributed by atoms with Crippen molar-refractivity contribution in [3.05, 3.63) is 398 Å². The Bertz CT molecular complexity index is 8270. The molecule has 0 radical (unpaired) electrons. The van der Waals surface area contributed by atoms with Gasteiger partial charge in [0.05, 0.1) is 91.6 Å². The van der Waals surface area contributed by atoms with Gasteiger partial charge >= 0.3 is 11.9 Å². The van der Waals surface area contributed by atoms with Crippen molar-refractivity contribution in [1.82, 2.24) is 88.3 Å². The van der Waals surface area contributed by atoms with Crippen molar-refractivity contribution in [3.63, 3.8) is 0 Å². The summed E-state index contributed by atoms with van der Waals surface area (Å²) >= 11 is 0. The summed E-state index contributed by atoms with van der Waals surface area (Å²) in [6, 6.07) is 89.6. The van der Waals surface area contributed by atoms with E-state index < -0.39 is 41.2 Å². The molecule has 20 aromatic rings. The van der Waals surface area contributed by atoms with Gasteiger partial charge in [0.15, 0.2) is 76.1 Å². The van der Waals surface area contributed by atoms with E-state index in [2.05, 4.69) is 87.6 Å². The number of rotatable bonds is 35. The Kier molecular flexibility index (Phi) is 32.3. The largest absolute Gasteiger partial charge is 0.466 e. The fourth-order valence-corrected chi connectivity index (χ4v) is 20.4. The van der Waals surface area contributed by atoms with Crippen LogP contribution in [0.25, 0.3) is 112 Å². The summed E-state index contributed by atoms with van der Waals surface area (Å²) in [6.07, 6.45) is 21.4. The van der Waals surface area contributed by atoms with Gasteiger partial charge in [0, 0.05) is 125 Å². The molecule has 32 nitrogen and oxygen atoms in total. The average molecular weight is 2000 g/mol. The van der Waals surface area contributed by atoms with Crippen LogP contribution in [0.4, 0.5) is 23.3 Å². The third-order valence-electron chi connectivity index (χ3n) is 23.0. The first-order valence-electron chi connectivity index (χ1n) is 47.4. The molecule has 0 saturated carbocycles. The minimum absolute atomic E-state index is 0.00789. The Hall–Kier alpha value is -17.3. The minimum Gasteiger partial charge on any atom is -0.466 e. The quantitative estimate of drug-likeness (QED) is 0.0268. The maximum atomic E-state index is 12.6. The number of carbonyl (C=O) groups excluding carboxylic acids is 2. The summed E-state index contributed by atoms with van der Waals surface area (Å²) in [5.41, 5.74) is 20.5. The first kappa shape index (κ1) is 100. The number of nitrogens with one attached hydrogen (secondary N) is 4. The number of ether oxygens (including phenoxy) is 2. The van der Waals surface area contributed by atoms with Gasteiger partial charge < -0.3 is 30.7 Å². The summed E-state index contributed by atoms with van der Waals surface area (Å²) in [5, 5.41) is 32.8. The summed E-state index contributed by atoms with van der Waals surface area (Å²) in [4.78, 5) is 69.4. The fourth-order valence-electron chi connectivity index (χ4n) is 16.4. The Morgan fingerprint density at radius 2 is 0.616 bits per heavy atom. The molecule has 0 fully saturated rings. The second-order valence-electron chi connectivity index (χ2n) is 34.4. The molecule has 0 amide bonds. The number of hydrogen-bond donors (Lipinski definition) is 4. The molecule has 0 aliphatic rings. The van der Waals surface area contributed by atoms with Crippen LogP contribution < -0.4 is 21.3 Å². The highest BCUT2D eigenvalue weighted by Gasteiger charge is 2.26. The predicted molar refractivity (Wildman–Crippen MR) is 567 cm³/mol. The second kappa shape index (κ2) is 47.1. The Labute approximate surface area is 844 Å². The number of esters is 2. The van der Waals surface area contributed by atoms with Crippen LogP contribution in [0.2, 0.25) is 0 Å². The first-order valence-corrected chi connectivity index (χ1v) is 52.8. The molecule has 0 aliphatic carbocycles. The second-order valence-corrected chi connectivity index (χ2v) is 40.9. The van der Waals surface area contributed by atoms with E-state index in [0.717, 1.165) is 100 Å². The van der Waals surface area contributed by atoms with Crippen molar-refractivity contribution < 1.29 is 44.3 Å². The van der Waals surface area contributed by atoms with Crippen molar-refractivity contribution in [3.8, 4) is 90.1 Å². The van der Waals surface area contributed by atoms with E-state index in [4.69, 9.17) is 49.8 Å². The number of nitrogens with zero attached hydrogens (tertiary/aromatic N) is 18. The van der Waals surface area contributed by atoms with Crippen molar-refractivity contribution >= 4 is 86.8 Å². The van der Waals surface area contributed by atoms with Crippen molar-refractivity contribution in [1.29, 1.82) is 0 Å². The Balaban J connectivity index is 0.000000133. The van der Waals surface area contributed by atoms with Gasteiger partial charge in [0.25, 0.3) is 0 Å². The summed E-state index contributed by atoms with van der Waals surface area (Å²) < 4.78 is 91.7. The Morgan fingerprint density at radius 1 is 0.315 bits per heavy atom. The number of anilines is 4. The number of pyridine rings is 6. The van der Waals surface area contributed by atoms with Gasteiger partial charge in [-0.1, -0.05) is 203 Å². The standard InChI is InChI=1S/C29H27N5O4S.C28H28N6O2S.C27H24N6O2.C27H25N5O2S/c1-2-38-26(35)20-39(36,37)19-21-9-8-12-23(17-21)28-32-29(31-18-24-13-6-7-15-30-24)27-25(14-16-34(27)33-28)22-10-4-3-5-11-22;1-20(2)18-37(35,36)19-21-14-23(16-29-15-21)27-32-28(31-17-24-10-6-7-12-30-24)26-25(11-13-34(26)33-27)22-8-4-3-5-9-22;1-2-35-24(34)15-19-14-21(17-28-16-19)26-31-27(30-18-22-10-6-7-12-29-22)25-23(11-13-33(25)32-26)20-8-4-3-5-9-20;1-2-35(33,34)19-20-9-8-12-22(17-20)26-30-27(29-18-23-13-6-7-15-28-23)25-24(14-16-32(25)31-26)21-10-4-3-5-11-21/h3-17H,2,18-20H2,1H3,(H,31,32,33);3-16,20H,17-19H2,1-2H3,(H,31,32,33);3-14,16-17H,2,15,18H2,1H3,(H,30,31,32);3-17H,2,18-19H2,1H3,(H,29,30,31). The van der Waals surface area contributed by atoms with Crippen molar-refractivity contribution in [2.24, 2.45) is 5.92 Å². The first-order chi connectivity index (χ1) is 71.0. The molecule has 736 valence electrons. The van der Waals surface area contributed by atoms with Crippen molar-refractivity contribution in [2.75, 3.05) is 51.7 Å². The van der Waals surface area contributed by atoms with E-state index in [1.807, 2.05) is 266 Å². The van der Waals surface area contributed by atoms with E-state index in [1.165, 1.54) is 0 Å². The van der Waals surface area contributed by atoms with E-state index in [9.17, 15) is 34.8 Å². The molecular formula is C111H104N22O10S3. The molecule has 6 aromatic carbocycles. The molecule has 35 heteroatoms. The van der Waals surface area contributed by atoms with Gasteiger partial charge in [-0.15, -0.1) is 20.4 Å². The normalized spacial score (nSPS) is 11.4. The number of aromatic nitrogens is 18. The molecule has 0 saturated heterocycles. The molecule has 14 heterocycles. The van der Waals surface area contributed by atoms with E-state index in [1.54, 1.807) is 104 Å². The van der Waals surface area contributed by atoms with E-state index in [0.29, 0.717) is 113 Å². The molecule has 14 aromatic heterocycles. The molecule has 20 rings (SSSR count). The Morgan fingerprint density at radius 3 is 0.945 bits per heavy atom. The lowest BCUT2D eigenvalue weighted by molar-refractivity contribution is -0.142. The predicted octanol–water partition coefficient (Wildman–Crippen LogP) is 19.2. The fraction of sp³-hybridized carbons (Fsp3) is 0.171. The third-order valence-corrected chi connectivity index (χ3v) is 28.0. The van der Waals surface area contributed by atoms with Crippen LogP contribution in [0.15, 0.2) is 353 Å². The van der Waals surface area contributed by atoms with Gasteiger partial charge in [-0.25, -0.2) is 63.3 Å². The van der Waals surface area contributed by atoms with Crippen LogP contribution >= 0.6 is 0 Å². The maximum absolute atomic E-state index is 12.6. The maximum Gasteiger partial charge on any atom is 0.321 e. The molecule has 146 heavy (non-hydrogen) atoms. The van der Waals surface area contributed by atoms with Crippen LogP contribution in [0, 0.1) is 5.92 Å². The summed E-state index contributed by atoms with van der Waals surface area (Å²) in [6.45, 7) is 11.3. The zero-order valence-corrected chi connectivity index (χ0v) is 83.1.